The SMILES string of the molecule is OC(O)(CCc1cc(F)c(F)c(F)c1F)O[SiH3]. The normalized spacial score (nSPS) is 12.1. The third-order valence-corrected chi connectivity index (χ3v) is 2.88. The van der Waals surface area contributed by atoms with E-state index in [4.69, 9.17) is 10.2 Å². The van der Waals surface area contributed by atoms with Gasteiger partial charge in [0.1, 0.15) is 0 Å². The van der Waals surface area contributed by atoms with Crippen molar-refractivity contribution in [2.75, 3.05) is 0 Å². The molecule has 0 aliphatic carbocycles. The molecule has 8 heteroatoms. The van der Waals surface area contributed by atoms with Gasteiger partial charge in [0.15, 0.2) is 33.8 Å². The quantitative estimate of drug-likeness (QED) is 0.268. The minimum atomic E-state index is -2.47. The van der Waals surface area contributed by atoms with Crippen molar-refractivity contribution in [3.8, 4) is 0 Å². The highest BCUT2D eigenvalue weighted by molar-refractivity contribution is 5.98. The molecule has 1 aromatic rings. The second-order valence-electron chi connectivity index (χ2n) is 3.41. The van der Waals surface area contributed by atoms with Crippen LogP contribution in [0, 0.1) is 23.3 Å². The minimum Gasteiger partial charge on any atom is -0.381 e. The number of aliphatic hydroxyl groups is 2. The lowest BCUT2D eigenvalue weighted by Crippen LogP contribution is -2.31. The molecule has 0 atom stereocenters. The third-order valence-electron chi connectivity index (χ3n) is 2.22. The van der Waals surface area contributed by atoms with Crippen LogP contribution < -0.4 is 0 Å². The Labute approximate surface area is 97.2 Å². The van der Waals surface area contributed by atoms with E-state index in [9.17, 15) is 17.6 Å². The Morgan fingerprint density at radius 3 is 2.24 bits per heavy atom. The lowest BCUT2D eigenvalue weighted by atomic mass is 10.1. The van der Waals surface area contributed by atoms with Crippen molar-refractivity contribution in [3.05, 3.63) is 34.9 Å². The number of hydrogen-bond donors (Lipinski definition) is 2. The van der Waals surface area contributed by atoms with Gasteiger partial charge in [-0.25, -0.2) is 17.6 Å². The zero-order valence-electron chi connectivity index (χ0n) is 8.81. The molecular formula is C9H10F4O3Si. The van der Waals surface area contributed by atoms with Crippen molar-refractivity contribution in [2.24, 2.45) is 0 Å². The second-order valence-corrected chi connectivity index (χ2v) is 3.81. The fraction of sp³-hybridized carbons (Fsp3) is 0.333. The van der Waals surface area contributed by atoms with E-state index in [2.05, 4.69) is 4.43 Å². The lowest BCUT2D eigenvalue weighted by Gasteiger charge is -2.19. The van der Waals surface area contributed by atoms with E-state index in [0.29, 0.717) is 6.07 Å². The van der Waals surface area contributed by atoms with Gasteiger partial charge >= 0.3 is 0 Å². The maximum absolute atomic E-state index is 13.1. The molecular weight excluding hydrogens is 260 g/mol. The summed E-state index contributed by atoms with van der Waals surface area (Å²) in [6, 6.07) is 0.469. The van der Waals surface area contributed by atoms with Crippen LogP contribution in [-0.2, 0) is 10.8 Å². The number of aryl methyl sites for hydroxylation is 1. The molecule has 0 aromatic heterocycles. The summed E-state index contributed by atoms with van der Waals surface area (Å²) in [5, 5.41) is 18.1. The number of hydrogen-bond acceptors (Lipinski definition) is 3. The molecule has 96 valence electrons. The molecule has 0 bridgehead atoms. The highest BCUT2D eigenvalue weighted by atomic mass is 28.2. The smallest absolute Gasteiger partial charge is 0.267 e. The Hall–Kier alpha value is -0.963. The average molecular weight is 270 g/mol. The molecule has 0 saturated heterocycles. The first kappa shape index (κ1) is 14.1. The van der Waals surface area contributed by atoms with Gasteiger partial charge in [-0.1, -0.05) is 0 Å². The van der Waals surface area contributed by atoms with Gasteiger partial charge in [0.25, 0.3) is 5.97 Å². The van der Waals surface area contributed by atoms with Crippen molar-refractivity contribution in [3.63, 3.8) is 0 Å². The molecule has 17 heavy (non-hydrogen) atoms. The molecule has 0 unspecified atom stereocenters. The van der Waals surface area contributed by atoms with Crippen LogP contribution >= 0.6 is 0 Å². The van der Waals surface area contributed by atoms with Crippen LogP contribution in [0.25, 0.3) is 0 Å². The van der Waals surface area contributed by atoms with Crippen molar-refractivity contribution in [1.82, 2.24) is 0 Å². The summed E-state index contributed by atoms with van der Waals surface area (Å²) in [6.07, 6.45) is -0.896. The van der Waals surface area contributed by atoms with Gasteiger partial charge in [0.2, 0.25) is 0 Å². The summed E-state index contributed by atoms with van der Waals surface area (Å²) >= 11 is 0. The molecule has 0 aliphatic heterocycles. The molecule has 0 radical (unpaired) electrons. The number of rotatable bonds is 4. The fourth-order valence-electron chi connectivity index (χ4n) is 1.20. The Morgan fingerprint density at radius 1 is 1.12 bits per heavy atom. The van der Waals surface area contributed by atoms with E-state index in [1.807, 2.05) is 0 Å². The maximum Gasteiger partial charge on any atom is 0.267 e. The minimum absolute atomic E-state index is 0.0154. The Morgan fingerprint density at radius 2 is 1.71 bits per heavy atom. The Bertz CT molecular complexity index is 425. The van der Waals surface area contributed by atoms with Crippen molar-refractivity contribution in [1.29, 1.82) is 0 Å². The molecule has 1 aromatic carbocycles. The first-order chi connectivity index (χ1) is 7.78. The van der Waals surface area contributed by atoms with Crippen LogP contribution in [0.15, 0.2) is 6.07 Å². The van der Waals surface area contributed by atoms with Gasteiger partial charge in [0.05, 0.1) is 0 Å². The monoisotopic (exact) mass is 270 g/mol. The molecule has 2 N–H and O–H groups in total. The van der Waals surface area contributed by atoms with Gasteiger partial charge in [-0.15, -0.1) is 0 Å². The molecule has 0 aliphatic rings. The Kier molecular flexibility index (Phi) is 4.25. The Balaban J connectivity index is 2.93. The predicted molar refractivity (Wildman–Crippen MR) is 52.8 cm³/mol. The first-order valence-corrected chi connectivity index (χ1v) is 5.42. The highest BCUT2D eigenvalue weighted by Gasteiger charge is 2.24. The molecule has 3 nitrogen and oxygen atoms in total. The zero-order valence-corrected chi connectivity index (χ0v) is 10.8. The lowest BCUT2D eigenvalue weighted by molar-refractivity contribution is -0.294. The van der Waals surface area contributed by atoms with E-state index in [1.54, 1.807) is 0 Å². The third kappa shape index (κ3) is 3.25. The largest absolute Gasteiger partial charge is 0.381 e. The number of benzene rings is 1. The average Bonchev–Trinajstić information content (AvgIpc) is 2.29. The molecule has 0 saturated carbocycles. The van der Waals surface area contributed by atoms with E-state index < -0.39 is 47.6 Å². The molecule has 0 fully saturated rings. The van der Waals surface area contributed by atoms with E-state index >= 15 is 0 Å². The topological polar surface area (TPSA) is 49.7 Å². The summed E-state index contributed by atoms with van der Waals surface area (Å²) < 4.78 is 55.7. The first-order valence-electron chi connectivity index (χ1n) is 4.60. The predicted octanol–water partition coefficient (Wildman–Crippen LogP) is 0.111. The van der Waals surface area contributed by atoms with E-state index in [1.165, 1.54) is 0 Å². The van der Waals surface area contributed by atoms with Crippen LogP contribution in [0.1, 0.15) is 12.0 Å². The van der Waals surface area contributed by atoms with Crippen LogP contribution in [-0.4, -0.2) is 26.7 Å². The maximum atomic E-state index is 13.1. The van der Waals surface area contributed by atoms with Gasteiger partial charge in [-0.3, -0.25) is 0 Å². The standard InChI is InChI=1S/C9H10F4O3Si/c10-5-3-4(1-2-9(14,15)16-17)6(11)8(13)7(5)12/h3,14-15H,1-2H2,17H3. The second kappa shape index (κ2) is 5.13. The zero-order chi connectivity index (χ0) is 13.2. The molecule has 1 rings (SSSR count). The van der Waals surface area contributed by atoms with Crippen LogP contribution in [0.4, 0.5) is 17.6 Å². The summed E-state index contributed by atoms with van der Waals surface area (Å²) in [4.78, 5) is 0. The van der Waals surface area contributed by atoms with Crippen LogP contribution in [0.5, 0.6) is 0 Å². The van der Waals surface area contributed by atoms with Crippen molar-refractivity contribution in [2.45, 2.75) is 18.8 Å². The van der Waals surface area contributed by atoms with E-state index in [-0.39, 0.29) is 10.5 Å². The van der Waals surface area contributed by atoms with Crippen LogP contribution in [0.3, 0.4) is 0 Å². The van der Waals surface area contributed by atoms with E-state index in [0.717, 1.165) is 0 Å². The number of halogens is 4. The van der Waals surface area contributed by atoms with Crippen molar-refractivity contribution >= 4 is 10.5 Å². The highest BCUT2D eigenvalue weighted by Crippen LogP contribution is 2.21. The van der Waals surface area contributed by atoms with Crippen LogP contribution in [0.2, 0.25) is 0 Å². The molecule has 0 spiro atoms. The van der Waals surface area contributed by atoms with Crippen molar-refractivity contribution < 1.29 is 32.2 Å². The summed E-state index contributed by atoms with van der Waals surface area (Å²) in [6.45, 7) is 0. The summed E-state index contributed by atoms with van der Waals surface area (Å²) in [5.41, 5.74) is -0.493. The van der Waals surface area contributed by atoms with Gasteiger partial charge in [-0.05, 0) is 18.1 Å². The summed E-state index contributed by atoms with van der Waals surface area (Å²) in [7, 11) is 0.0154. The fourth-order valence-corrected chi connectivity index (χ4v) is 1.41. The van der Waals surface area contributed by atoms with Gasteiger partial charge in [-0.2, -0.15) is 0 Å². The molecule has 0 amide bonds. The molecule has 0 heterocycles. The van der Waals surface area contributed by atoms with Gasteiger partial charge < -0.3 is 14.6 Å². The summed E-state index contributed by atoms with van der Waals surface area (Å²) in [5.74, 6) is -9.38. The van der Waals surface area contributed by atoms with Gasteiger partial charge in [0, 0.05) is 6.42 Å².